The van der Waals surface area contributed by atoms with Gasteiger partial charge in [0.15, 0.2) is 0 Å². The van der Waals surface area contributed by atoms with Gasteiger partial charge in [-0.05, 0) is 19.1 Å². The van der Waals surface area contributed by atoms with Gasteiger partial charge in [-0.1, -0.05) is 0 Å². The normalized spacial score (nSPS) is 10.9. The first-order chi connectivity index (χ1) is 7.78. The molecule has 2 rings (SSSR count). The molecule has 6 heteroatoms. The largest absolute Gasteiger partial charge is 0.467 e. The third-order valence-corrected chi connectivity index (χ3v) is 1.84. The van der Waals surface area contributed by atoms with E-state index in [0.29, 0.717) is 11.8 Å². The van der Waals surface area contributed by atoms with Crippen molar-refractivity contribution < 1.29 is 4.74 Å². The van der Waals surface area contributed by atoms with E-state index in [1.807, 2.05) is 18.3 Å². The minimum absolute atomic E-state index is 0.270. The molecule has 0 unspecified atom stereocenters. The Balaban J connectivity index is 2.24. The fourth-order valence-electron chi connectivity index (χ4n) is 1.14. The lowest BCUT2D eigenvalue weighted by Gasteiger charge is -1.98. The first kappa shape index (κ1) is 10.3. The van der Waals surface area contributed by atoms with E-state index in [1.54, 1.807) is 13.1 Å². The fraction of sp³-hybridized carbons (Fsp3) is 0.200. The average molecular weight is 217 g/mol. The Hall–Kier alpha value is -2.24. The van der Waals surface area contributed by atoms with E-state index in [1.165, 1.54) is 7.11 Å². The molecule has 2 aromatic heterocycles. The molecule has 0 aliphatic rings. The van der Waals surface area contributed by atoms with Crippen LogP contribution in [0.3, 0.4) is 0 Å². The number of aliphatic imine (C=N–C) groups is 1. The first-order valence-electron chi connectivity index (χ1n) is 4.72. The summed E-state index contributed by atoms with van der Waals surface area (Å²) in [6.07, 6.45) is 3.47. The number of aryl methyl sites for hydroxylation is 1. The molecule has 0 fully saturated rings. The van der Waals surface area contributed by atoms with E-state index >= 15 is 0 Å². The molecule has 82 valence electrons. The number of hydrogen-bond donors (Lipinski definition) is 1. The first-order valence-corrected chi connectivity index (χ1v) is 4.72. The Morgan fingerprint density at radius 1 is 1.38 bits per heavy atom. The van der Waals surface area contributed by atoms with Gasteiger partial charge in [0.25, 0.3) is 5.95 Å². The molecule has 1 N–H and O–H groups in total. The van der Waals surface area contributed by atoms with Crippen LogP contribution in [0.15, 0.2) is 23.3 Å². The summed E-state index contributed by atoms with van der Waals surface area (Å²) >= 11 is 0. The van der Waals surface area contributed by atoms with Crippen molar-refractivity contribution in [3.05, 3.63) is 29.8 Å². The van der Waals surface area contributed by atoms with E-state index in [9.17, 15) is 0 Å². The van der Waals surface area contributed by atoms with Gasteiger partial charge in [-0.25, -0.2) is 4.99 Å². The van der Waals surface area contributed by atoms with Gasteiger partial charge < -0.3 is 9.72 Å². The molecule has 2 heterocycles. The summed E-state index contributed by atoms with van der Waals surface area (Å²) in [5.74, 6) is 0.907. The van der Waals surface area contributed by atoms with E-state index in [4.69, 9.17) is 4.74 Å². The smallest absolute Gasteiger partial charge is 0.321 e. The van der Waals surface area contributed by atoms with Crippen LogP contribution in [-0.4, -0.2) is 33.3 Å². The Bertz CT molecular complexity index is 492. The summed E-state index contributed by atoms with van der Waals surface area (Å²) in [5.41, 5.74) is 0.886. The molecule has 0 amide bonds. The van der Waals surface area contributed by atoms with Crippen LogP contribution in [0, 0.1) is 6.92 Å². The highest BCUT2D eigenvalue weighted by Crippen LogP contribution is 2.09. The summed E-state index contributed by atoms with van der Waals surface area (Å²) in [4.78, 5) is 19.2. The number of ether oxygens (including phenoxy) is 1. The van der Waals surface area contributed by atoms with Gasteiger partial charge in [0.05, 0.1) is 19.0 Å². The number of nitrogens with zero attached hydrogens (tertiary/aromatic N) is 4. The Morgan fingerprint density at radius 2 is 2.25 bits per heavy atom. The number of aromatic nitrogens is 4. The molecule has 0 saturated carbocycles. The van der Waals surface area contributed by atoms with Crippen molar-refractivity contribution in [3.8, 4) is 6.01 Å². The van der Waals surface area contributed by atoms with Gasteiger partial charge in [0.1, 0.15) is 5.82 Å². The third kappa shape index (κ3) is 2.41. The summed E-state index contributed by atoms with van der Waals surface area (Å²) in [6, 6.07) is 4.06. The van der Waals surface area contributed by atoms with Gasteiger partial charge in [0.2, 0.25) is 0 Å². The van der Waals surface area contributed by atoms with Gasteiger partial charge in [-0.2, -0.15) is 15.0 Å². The highest BCUT2D eigenvalue weighted by molar-refractivity contribution is 5.78. The molecule has 0 atom stereocenters. The summed E-state index contributed by atoms with van der Waals surface area (Å²) in [7, 11) is 1.51. The summed E-state index contributed by atoms with van der Waals surface area (Å²) < 4.78 is 4.93. The van der Waals surface area contributed by atoms with Crippen LogP contribution in [0.5, 0.6) is 6.01 Å². The van der Waals surface area contributed by atoms with Gasteiger partial charge in [-0.3, -0.25) is 0 Å². The standard InChI is InChI=1S/C10H11N5O/c1-7-13-9(15-10(14-7)16-2)12-6-8-4-3-5-11-8/h3-6,11H,1-2H3/b12-6+. The number of hydrogen-bond acceptors (Lipinski definition) is 5. The molecule has 0 aliphatic heterocycles. The van der Waals surface area contributed by atoms with E-state index < -0.39 is 0 Å². The maximum atomic E-state index is 4.93. The number of methoxy groups -OCH3 is 1. The van der Waals surface area contributed by atoms with Crippen molar-refractivity contribution in [2.75, 3.05) is 7.11 Å². The molecule has 2 aromatic rings. The fourth-order valence-corrected chi connectivity index (χ4v) is 1.14. The van der Waals surface area contributed by atoms with Crippen LogP contribution in [0.2, 0.25) is 0 Å². The Labute approximate surface area is 92.5 Å². The van der Waals surface area contributed by atoms with Crippen LogP contribution in [-0.2, 0) is 0 Å². The lowest BCUT2D eigenvalue weighted by Crippen LogP contribution is -1.97. The number of aromatic amines is 1. The monoisotopic (exact) mass is 217 g/mol. The predicted molar refractivity (Wildman–Crippen MR) is 59.2 cm³/mol. The third-order valence-electron chi connectivity index (χ3n) is 1.84. The molecule has 0 bridgehead atoms. The van der Waals surface area contributed by atoms with Crippen molar-refractivity contribution in [2.24, 2.45) is 4.99 Å². The van der Waals surface area contributed by atoms with Crippen LogP contribution >= 0.6 is 0 Å². The van der Waals surface area contributed by atoms with Gasteiger partial charge >= 0.3 is 6.01 Å². The summed E-state index contributed by atoms with van der Waals surface area (Å²) in [5, 5.41) is 0. The van der Waals surface area contributed by atoms with Gasteiger partial charge in [0, 0.05) is 6.20 Å². The zero-order valence-corrected chi connectivity index (χ0v) is 9.01. The lowest BCUT2D eigenvalue weighted by atomic mass is 10.5. The number of nitrogens with one attached hydrogen (secondary N) is 1. The molecule has 16 heavy (non-hydrogen) atoms. The number of H-pyrrole nitrogens is 1. The van der Waals surface area contributed by atoms with Crippen molar-refractivity contribution in [3.63, 3.8) is 0 Å². The quantitative estimate of drug-likeness (QED) is 0.785. The van der Waals surface area contributed by atoms with Crippen molar-refractivity contribution in [1.29, 1.82) is 0 Å². The average Bonchev–Trinajstić information content (AvgIpc) is 2.78. The minimum Gasteiger partial charge on any atom is -0.467 e. The second-order valence-corrected chi connectivity index (χ2v) is 3.05. The molecule has 0 aliphatic carbocycles. The summed E-state index contributed by atoms with van der Waals surface area (Å²) in [6.45, 7) is 1.76. The molecule has 0 saturated heterocycles. The minimum atomic E-state index is 0.270. The van der Waals surface area contributed by atoms with Crippen molar-refractivity contribution >= 4 is 12.2 Å². The Morgan fingerprint density at radius 3 is 2.94 bits per heavy atom. The Kier molecular flexibility index (Phi) is 2.90. The van der Waals surface area contributed by atoms with Crippen LogP contribution in [0.25, 0.3) is 0 Å². The van der Waals surface area contributed by atoms with Crippen LogP contribution in [0.4, 0.5) is 5.95 Å². The van der Waals surface area contributed by atoms with Crippen molar-refractivity contribution in [1.82, 2.24) is 19.9 Å². The number of rotatable bonds is 3. The van der Waals surface area contributed by atoms with E-state index in [-0.39, 0.29) is 6.01 Å². The zero-order chi connectivity index (χ0) is 11.4. The maximum absolute atomic E-state index is 4.93. The highest BCUT2D eigenvalue weighted by atomic mass is 16.5. The highest BCUT2D eigenvalue weighted by Gasteiger charge is 2.01. The van der Waals surface area contributed by atoms with Gasteiger partial charge in [-0.15, -0.1) is 0 Å². The van der Waals surface area contributed by atoms with Crippen LogP contribution < -0.4 is 4.74 Å². The molecule has 0 radical (unpaired) electrons. The second kappa shape index (κ2) is 4.52. The molecular weight excluding hydrogens is 206 g/mol. The maximum Gasteiger partial charge on any atom is 0.321 e. The van der Waals surface area contributed by atoms with Crippen molar-refractivity contribution in [2.45, 2.75) is 6.92 Å². The predicted octanol–water partition coefficient (Wildman–Crippen LogP) is 1.27. The molecular formula is C10H11N5O. The second-order valence-electron chi connectivity index (χ2n) is 3.05. The lowest BCUT2D eigenvalue weighted by molar-refractivity contribution is 0.377. The molecule has 0 spiro atoms. The molecule has 6 nitrogen and oxygen atoms in total. The van der Waals surface area contributed by atoms with E-state index in [0.717, 1.165) is 5.69 Å². The topological polar surface area (TPSA) is 76.1 Å². The van der Waals surface area contributed by atoms with E-state index in [2.05, 4.69) is 24.9 Å². The SMILES string of the molecule is COc1nc(C)nc(/N=C/c2ccc[nH]2)n1. The van der Waals surface area contributed by atoms with Crippen LogP contribution in [0.1, 0.15) is 11.5 Å². The zero-order valence-electron chi connectivity index (χ0n) is 9.01. The molecule has 0 aromatic carbocycles.